The van der Waals surface area contributed by atoms with Gasteiger partial charge in [-0.1, -0.05) is 36.2 Å². The zero-order chi connectivity index (χ0) is 31.7. The number of methoxy groups -OCH3 is 2. The lowest BCUT2D eigenvalue weighted by Gasteiger charge is -2.56. The van der Waals surface area contributed by atoms with Crippen LogP contribution < -0.4 is 18.7 Å². The van der Waals surface area contributed by atoms with Crippen LogP contribution >= 0.6 is 35.1 Å². The quantitative estimate of drug-likeness (QED) is 0.129. The molecular formula is C33H38Cl2F2N4O3S. The molecule has 1 aromatic heterocycles. The van der Waals surface area contributed by atoms with Crippen molar-refractivity contribution in [1.82, 2.24) is 9.88 Å². The number of rotatable bonds is 9. The molecule has 2 aromatic carbocycles. The fourth-order valence-corrected chi connectivity index (χ4v) is 8.30. The summed E-state index contributed by atoms with van der Waals surface area (Å²) in [5.74, 6) is 0.890. The fraction of sp³-hybridized carbons (Fsp3) is 0.485. The largest absolute Gasteiger partial charge is 0.497 e. The van der Waals surface area contributed by atoms with Crippen molar-refractivity contribution in [1.29, 1.82) is 0 Å². The van der Waals surface area contributed by atoms with E-state index in [0.29, 0.717) is 36.3 Å². The number of ether oxygens (including phenoxy) is 3. The van der Waals surface area contributed by atoms with E-state index in [1.54, 1.807) is 48.9 Å². The number of halogens is 4. The number of piperidine rings is 1. The molecule has 3 saturated heterocycles. The molecule has 3 fully saturated rings. The van der Waals surface area contributed by atoms with Crippen molar-refractivity contribution in [3.05, 3.63) is 69.8 Å². The van der Waals surface area contributed by atoms with Gasteiger partial charge in [0.25, 0.3) is 0 Å². The topological polar surface area (TPSA) is 50.3 Å². The van der Waals surface area contributed by atoms with Gasteiger partial charge in [0.2, 0.25) is 5.95 Å². The van der Waals surface area contributed by atoms with Crippen molar-refractivity contribution < 1.29 is 23.0 Å². The van der Waals surface area contributed by atoms with Gasteiger partial charge in [-0.05, 0) is 80.4 Å². The molecule has 0 bridgehead atoms. The molecule has 0 radical (unpaired) electrons. The minimum atomic E-state index is -0.659. The van der Waals surface area contributed by atoms with E-state index in [1.165, 1.54) is 18.9 Å². The molecule has 12 heteroatoms. The maximum atomic E-state index is 16.1. The molecule has 0 aliphatic carbocycles. The molecule has 6 rings (SSSR count). The van der Waals surface area contributed by atoms with E-state index in [1.807, 2.05) is 11.0 Å². The maximum Gasteiger partial charge on any atom is 0.214 e. The summed E-state index contributed by atoms with van der Waals surface area (Å²) in [7, 11) is 3.12. The van der Waals surface area contributed by atoms with Crippen LogP contribution in [0.1, 0.15) is 38.2 Å². The average Bonchev–Trinajstić information content (AvgIpc) is 3.03. The highest BCUT2D eigenvalue weighted by Crippen LogP contribution is 2.47. The molecule has 2 atom stereocenters. The first-order valence-corrected chi connectivity index (χ1v) is 16.8. The highest BCUT2D eigenvalue weighted by molar-refractivity contribution is 8.00. The Hall–Kier alpha value is -2.50. The Balaban J connectivity index is 1.21. The highest BCUT2D eigenvalue weighted by Gasteiger charge is 2.49. The number of aromatic nitrogens is 1. The summed E-state index contributed by atoms with van der Waals surface area (Å²) in [4.78, 5) is 8.84. The van der Waals surface area contributed by atoms with E-state index in [9.17, 15) is 4.39 Å². The summed E-state index contributed by atoms with van der Waals surface area (Å²) >= 11 is 14.5. The van der Waals surface area contributed by atoms with Crippen LogP contribution in [-0.4, -0.2) is 68.5 Å². The van der Waals surface area contributed by atoms with E-state index in [-0.39, 0.29) is 32.9 Å². The van der Waals surface area contributed by atoms with Crippen molar-refractivity contribution in [2.75, 3.05) is 56.2 Å². The first-order chi connectivity index (χ1) is 21.7. The fourth-order valence-electron chi connectivity index (χ4n) is 6.73. The zero-order valence-electron chi connectivity index (χ0n) is 25.7. The Labute approximate surface area is 277 Å². The predicted molar refractivity (Wildman–Crippen MR) is 176 cm³/mol. The van der Waals surface area contributed by atoms with Crippen LogP contribution in [0.5, 0.6) is 11.5 Å². The Kier molecular flexibility index (Phi) is 9.87. The van der Waals surface area contributed by atoms with Gasteiger partial charge in [0.1, 0.15) is 27.9 Å². The first kappa shape index (κ1) is 32.4. The summed E-state index contributed by atoms with van der Waals surface area (Å²) in [5.41, 5.74) is 1.03. The van der Waals surface area contributed by atoms with Crippen LogP contribution in [-0.2, 0) is 11.3 Å². The second kappa shape index (κ2) is 13.7. The van der Waals surface area contributed by atoms with Gasteiger partial charge in [0.05, 0.1) is 36.4 Å². The molecule has 7 nitrogen and oxygen atoms in total. The van der Waals surface area contributed by atoms with E-state index in [4.69, 9.17) is 37.4 Å². The van der Waals surface area contributed by atoms with Crippen LogP contribution in [0.4, 0.5) is 20.3 Å². The second-order valence-electron chi connectivity index (χ2n) is 12.2. The third-order valence-electron chi connectivity index (χ3n) is 9.03. The molecule has 3 aromatic rings. The summed E-state index contributed by atoms with van der Waals surface area (Å²) in [5, 5.41) is 0.189. The number of anilines is 2. The number of benzene rings is 2. The van der Waals surface area contributed by atoms with E-state index in [0.717, 1.165) is 56.0 Å². The number of hydrogen-bond donors (Lipinski definition) is 0. The highest BCUT2D eigenvalue weighted by atomic mass is 35.5. The molecule has 3 aliphatic rings. The molecule has 3 aliphatic heterocycles. The summed E-state index contributed by atoms with van der Waals surface area (Å²) in [6.07, 6.45) is 4.54. The van der Waals surface area contributed by atoms with Crippen molar-refractivity contribution in [3.8, 4) is 11.5 Å². The van der Waals surface area contributed by atoms with Crippen LogP contribution in [0.25, 0.3) is 0 Å². The van der Waals surface area contributed by atoms with Gasteiger partial charge in [-0.3, -0.25) is 9.21 Å². The SMILES string of the molecule is COc1ccc(CN(Sc2c(Cl)cc(N3CC4(CC(N5CCCC(C)C5)CCO4)C3)c(Cl)c2F)c2cccc(F)n2)c(OC)c1. The summed E-state index contributed by atoms with van der Waals surface area (Å²) < 4.78 is 49.2. The third kappa shape index (κ3) is 6.95. The second-order valence-corrected chi connectivity index (χ2v) is 14.1. The van der Waals surface area contributed by atoms with Crippen molar-refractivity contribution in [3.63, 3.8) is 0 Å². The van der Waals surface area contributed by atoms with Crippen molar-refractivity contribution in [2.24, 2.45) is 5.92 Å². The normalized spacial score (nSPS) is 21.4. The summed E-state index contributed by atoms with van der Waals surface area (Å²) in [6, 6.07) is 12.0. The van der Waals surface area contributed by atoms with Gasteiger partial charge >= 0.3 is 0 Å². The minimum Gasteiger partial charge on any atom is -0.497 e. The minimum absolute atomic E-state index is 0.0110. The number of likely N-dealkylation sites (tertiary alicyclic amines) is 1. The maximum absolute atomic E-state index is 16.1. The Morgan fingerprint density at radius 2 is 1.93 bits per heavy atom. The van der Waals surface area contributed by atoms with Gasteiger partial charge in [-0.25, -0.2) is 9.37 Å². The lowest BCUT2D eigenvalue weighted by Crippen LogP contribution is -2.67. The molecule has 2 unspecified atom stereocenters. The van der Waals surface area contributed by atoms with Crippen molar-refractivity contribution in [2.45, 2.75) is 55.7 Å². The average molecular weight is 680 g/mol. The molecule has 45 heavy (non-hydrogen) atoms. The van der Waals surface area contributed by atoms with Crippen LogP contribution in [0, 0.1) is 17.7 Å². The molecule has 0 N–H and O–H groups in total. The van der Waals surface area contributed by atoms with Crippen LogP contribution in [0.2, 0.25) is 10.0 Å². The lowest BCUT2D eigenvalue weighted by molar-refractivity contribution is -0.123. The standard InChI is InChI=1S/C33H38Cl2F2N4O3S/c1-21-6-5-12-39(17-21)23-11-13-44-33(16-23)19-40(20-33)26-15-25(34)32(31(37)30(26)35)45-41(29-8-4-7-28(36)38-29)18-22-9-10-24(42-2)14-27(22)43-3/h4,7-10,14-15,21,23H,5-6,11-13,16-20H2,1-3H3. The monoisotopic (exact) mass is 678 g/mol. The Morgan fingerprint density at radius 3 is 2.67 bits per heavy atom. The van der Waals surface area contributed by atoms with E-state index in [2.05, 4.69) is 16.8 Å². The van der Waals surface area contributed by atoms with Crippen LogP contribution in [0.3, 0.4) is 0 Å². The molecule has 4 heterocycles. The third-order valence-corrected chi connectivity index (χ3v) is 10.9. The van der Waals surface area contributed by atoms with Gasteiger partial charge < -0.3 is 19.1 Å². The van der Waals surface area contributed by atoms with Gasteiger partial charge in [0, 0.05) is 43.9 Å². The Morgan fingerprint density at radius 1 is 1.11 bits per heavy atom. The lowest BCUT2D eigenvalue weighted by atomic mass is 9.82. The Bertz CT molecular complexity index is 1530. The number of nitrogens with zero attached hydrogens (tertiary/aromatic N) is 4. The number of pyridine rings is 1. The van der Waals surface area contributed by atoms with E-state index < -0.39 is 11.8 Å². The van der Waals surface area contributed by atoms with Gasteiger partial charge in [0.15, 0.2) is 5.82 Å². The summed E-state index contributed by atoms with van der Waals surface area (Å²) in [6.45, 7) is 6.81. The van der Waals surface area contributed by atoms with Gasteiger partial charge in [-0.2, -0.15) is 4.39 Å². The number of hydrogen-bond acceptors (Lipinski definition) is 8. The zero-order valence-corrected chi connectivity index (χ0v) is 28.0. The van der Waals surface area contributed by atoms with Crippen LogP contribution in [0.15, 0.2) is 47.4 Å². The molecule has 0 amide bonds. The van der Waals surface area contributed by atoms with Gasteiger partial charge in [-0.15, -0.1) is 0 Å². The molecular weight excluding hydrogens is 641 g/mol. The molecule has 1 spiro atoms. The first-order valence-electron chi connectivity index (χ1n) is 15.3. The molecule has 242 valence electrons. The smallest absolute Gasteiger partial charge is 0.214 e. The van der Waals surface area contributed by atoms with Crippen molar-refractivity contribution >= 4 is 46.7 Å². The van der Waals surface area contributed by atoms with E-state index >= 15 is 4.39 Å². The molecule has 0 saturated carbocycles. The predicted octanol–water partition coefficient (Wildman–Crippen LogP) is 7.87.